The molecule has 0 unspecified atom stereocenters. The van der Waals surface area contributed by atoms with E-state index in [2.05, 4.69) is 5.32 Å². The van der Waals surface area contributed by atoms with Crippen molar-refractivity contribution in [2.24, 2.45) is 0 Å². The van der Waals surface area contributed by atoms with Gasteiger partial charge in [0.2, 0.25) is 0 Å². The number of nitrogens with zero attached hydrogens (tertiary/aromatic N) is 1. The van der Waals surface area contributed by atoms with E-state index in [4.69, 9.17) is 9.47 Å². The molecule has 0 saturated heterocycles. The van der Waals surface area contributed by atoms with Crippen LogP contribution in [0.15, 0.2) is 66.7 Å². The molecule has 0 fully saturated rings. The molecular weight excluding hydrogens is 430 g/mol. The average Bonchev–Trinajstić information content (AvgIpc) is 2.89. The fourth-order valence-electron chi connectivity index (χ4n) is 3.61. The lowest BCUT2D eigenvalue weighted by atomic mass is 10.1. The standard InChI is InChI=1S/C25H22F2N2O4/c1-16-24(30)29(13-18-9-20(26)12-21(27)10-18)14-19-11-22(7-8-23(19)33-16)28-25(31)32-15-17-5-3-2-4-6-17/h2-12,16H,13-15H2,1H3,(H,28,31)/t16-/m1/s1. The Kier molecular flexibility index (Phi) is 6.53. The average molecular weight is 452 g/mol. The van der Waals surface area contributed by atoms with Gasteiger partial charge in [0.1, 0.15) is 24.0 Å². The maximum Gasteiger partial charge on any atom is 0.411 e. The number of amides is 2. The molecule has 0 aliphatic carbocycles. The van der Waals surface area contributed by atoms with Gasteiger partial charge in [-0.05, 0) is 48.4 Å². The highest BCUT2D eigenvalue weighted by atomic mass is 19.1. The zero-order chi connectivity index (χ0) is 23.4. The van der Waals surface area contributed by atoms with E-state index in [1.807, 2.05) is 30.3 Å². The van der Waals surface area contributed by atoms with Gasteiger partial charge in [0.05, 0.1) is 0 Å². The van der Waals surface area contributed by atoms with Gasteiger partial charge >= 0.3 is 6.09 Å². The van der Waals surface area contributed by atoms with Gasteiger partial charge < -0.3 is 14.4 Å². The number of rotatable bonds is 5. The fraction of sp³-hybridized carbons (Fsp3) is 0.200. The summed E-state index contributed by atoms with van der Waals surface area (Å²) in [5.41, 5.74) is 2.30. The van der Waals surface area contributed by atoms with E-state index in [0.29, 0.717) is 22.6 Å². The molecule has 8 heteroatoms. The minimum atomic E-state index is -0.778. The monoisotopic (exact) mass is 452 g/mol. The van der Waals surface area contributed by atoms with Crippen LogP contribution < -0.4 is 10.1 Å². The first kappa shape index (κ1) is 22.3. The number of carbonyl (C=O) groups is 2. The fourth-order valence-corrected chi connectivity index (χ4v) is 3.61. The Morgan fingerprint density at radius 3 is 2.52 bits per heavy atom. The first-order valence-corrected chi connectivity index (χ1v) is 10.4. The summed E-state index contributed by atoms with van der Waals surface area (Å²) in [4.78, 5) is 26.4. The Bertz CT molecular complexity index is 1150. The van der Waals surface area contributed by atoms with E-state index < -0.39 is 23.8 Å². The molecule has 0 saturated carbocycles. The van der Waals surface area contributed by atoms with Crippen LogP contribution in [0, 0.1) is 11.6 Å². The zero-order valence-electron chi connectivity index (χ0n) is 17.9. The second-order valence-corrected chi connectivity index (χ2v) is 7.74. The van der Waals surface area contributed by atoms with Crippen molar-refractivity contribution in [3.63, 3.8) is 0 Å². The smallest absolute Gasteiger partial charge is 0.411 e. The van der Waals surface area contributed by atoms with Gasteiger partial charge in [0.15, 0.2) is 6.10 Å². The minimum absolute atomic E-state index is 0.0113. The lowest BCUT2D eigenvalue weighted by Gasteiger charge is -2.22. The van der Waals surface area contributed by atoms with Crippen LogP contribution in [0.3, 0.4) is 0 Å². The minimum Gasteiger partial charge on any atom is -0.481 e. The Morgan fingerprint density at radius 1 is 1.06 bits per heavy atom. The maximum absolute atomic E-state index is 13.6. The van der Waals surface area contributed by atoms with Crippen molar-refractivity contribution in [1.29, 1.82) is 0 Å². The summed E-state index contributed by atoms with van der Waals surface area (Å²) in [7, 11) is 0. The number of hydrogen-bond acceptors (Lipinski definition) is 4. The number of carbonyl (C=O) groups excluding carboxylic acids is 2. The predicted octanol–water partition coefficient (Wildman–Crippen LogP) is 5.02. The lowest BCUT2D eigenvalue weighted by Crippen LogP contribution is -2.37. The summed E-state index contributed by atoms with van der Waals surface area (Å²) in [6.07, 6.45) is -1.40. The van der Waals surface area contributed by atoms with Gasteiger partial charge in [-0.25, -0.2) is 13.6 Å². The molecule has 1 atom stereocenters. The number of ether oxygens (including phenoxy) is 2. The third kappa shape index (κ3) is 5.65. The normalized spacial score (nSPS) is 15.3. The highest BCUT2D eigenvalue weighted by Gasteiger charge is 2.28. The molecule has 1 aliphatic heterocycles. The first-order valence-electron chi connectivity index (χ1n) is 10.4. The van der Waals surface area contributed by atoms with E-state index in [1.54, 1.807) is 25.1 Å². The molecule has 33 heavy (non-hydrogen) atoms. The van der Waals surface area contributed by atoms with Gasteiger partial charge in [-0.15, -0.1) is 0 Å². The second-order valence-electron chi connectivity index (χ2n) is 7.74. The molecule has 2 amide bonds. The molecule has 3 aromatic carbocycles. The van der Waals surface area contributed by atoms with Crippen molar-refractivity contribution < 1.29 is 27.8 Å². The molecule has 1 aliphatic rings. The third-order valence-electron chi connectivity index (χ3n) is 5.14. The molecular formula is C25H22F2N2O4. The molecule has 3 aromatic rings. The SMILES string of the molecule is C[C@H]1Oc2ccc(NC(=O)OCc3ccccc3)cc2CN(Cc2cc(F)cc(F)c2)C1=O. The molecule has 1 heterocycles. The van der Waals surface area contributed by atoms with E-state index in [9.17, 15) is 18.4 Å². The van der Waals surface area contributed by atoms with Crippen LogP contribution in [-0.4, -0.2) is 23.0 Å². The number of fused-ring (bicyclic) bond motifs is 1. The topological polar surface area (TPSA) is 67.9 Å². The van der Waals surface area contributed by atoms with Crippen LogP contribution >= 0.6 is 0 Å². The van der Waals surface area contributed by atoms with Crippen molar-refractivity contribution in [3.05, 3.63) is 95.1 Å². The van der Waals surface area contributed by atoms with Gasteiger partial charge in [0.25, 0.3) is 5.91 Å². The largest absolute Gasteiger partial charge is 0.481 e. The summed E-state index contributed by atoms with van der Waals surface area (Å²) in [6, 6.07) is 17.4. The van der Waals surface area contributed by atoms with E-state index >= 15 is 0 Å². The Hall–Kier alpha value is -3.94. The number of nitrogens with one attached hydrogen (secondary N) is 1. The summed E-state index contributed by atoms with van der Waals surface area (Å²) in [5.74, 6) is -1.24. The Balaban J connectivity index is 1.48. The summed E-state index contributed by atoms with van der Waals surface area (Å²) >= 11 is 0. The Labute approximate surface area is 189 Å². The molecule has 170 valence electrons. The van der Waals surface area contributed by atoms with E-state index in [-0.39, 0.29) is 25.6 Å². The summed E-state index contributed by atoms with van der Waals surface area (Å²) < 4.78 is 38.2. The second kappa shape index (κ2) is 9.68. The third-order valence-corrected chi connectivity index (χ3v) is 5.14. The molecule has 1 N–H and O–H groups in total. The molecule has 0 spiro atoms. The highest BCUT2D eigenvalue weighted by Crippen LogP contribution is 2.29. The van der Waals surface area contributed by atoms with Gasteiger partial charge in [0, 0.05) is 30.4 Å². The highest BCUT2D eigenvalue weighted by molar-refractivity contribution is 5.85. The predicted molar refractivity (Wildman–Crippen MR) is 117 cm³/mol. The van der Waals surface area contributed by atoms with Crippen molar-refractivity contribution in [2.45, 2.75) is 32.7 Å². The summed E-state index contributed by atoms with van der Waals surface area (Å²) in [5, 5.41) is 2.67. The zero-order valence-corrected chi connectivity index (χ0v) is 17.9. The molecule has 6 nitrogen and oxygen atoms in total. The van der Waals surface area contributed by atoms with Crippen molar-refractivity contribution in [3.8, 4) is 5.75 Å². The van der Waals surface area contributed by atoms with Gasteiger partial charge in [-0.3, -0.25) is 10.1 Å². The van der Waals surface area contributed by atoms with Crippen molar-refractivity contribution in [2.75, 3.05) is 5.32 Å². The number of benzene rings is 3. The van der Waals surface area contributed by atoms with Crippen LogP contribution in [0.2, 0.25) is 0 Å². The number of hydrogen-bond donors (Lipinski definition) is 1. The van der Waals surface area contributed by atoms with Crippen molar-refractivity contribution >= 4 is 17.7 Å². The van der Waals surface area contributed by atoms with E-state index in [1.165, 1.54) is 17.0 Å². The van der Waals surface area contributed by atoms with Crippen LogP contribution in [-0.2, 0) is 29.2 Å². The molecule has 4 rings (SSSR count). The van der Waals surface area contributed by atoms with E-state index in [0.717, 1.165) is 11.6 Å². The number of anilines is 1. The van der Waals surface area contributed by atoms with Crippen LogP contribution in [0.4, 0.5) is 19.3 Å². The van der Waals surface area contributed by atoms with Gasteiger partial charge in [-0.2, -0.15) is 0 Å². The van der Waals surface area contributed by atoms with Crippen LogP contribution in [0.1, 0.15) is 23.6 Å². The molecule has 0 radical (unpaired) electrons. The van der Waals surface area contributed by atoms with Crippen LogP contribution in [0.25, 0.3) is 0 Å². The van der Waals surface area contributed by atoms with Gasteiger partial charge in [-0.1, -0.05) is 30.3 Å². The van der Waals surface area contributed by atoms with Crippen molar-refractivity contribution in [1.82, 2.24) is 4.90 Å². The van der Waals surface area contributed by atoms with Crippen LogP contribution in [0.5, 0.6) is 5.75 Å². The maximum atomic E-state index is 13.6. The number of halogens is 2. The quantitative estimate of drug-likeness (QED) is 0.590. The molecule has 0 aromatic heterocycles. The lowest BCUT2D eigenvalue weighted by molar-refractivity contribution is -0.138. The summed E-state index contributed by atoms with van der Waals surface area (Å²) in [6.45, 7) is 1.90. The Morgan fingerprint density at radius 2 is 1.79 bits per heavy atom. The first-order chi connectivity index (χ1) is 15.9. The molecule has 0 bridgehead atoms.